The summed E-state index contributed by atoms with van der Waals surface area (Å²) in [5, 5.41) is 0. The zero-order valence-electron chi connectivity index (χ0n) is 13.0. The highest BCUT2D eigenvalue weighted by Gasteiger charge is 2.15. The molecule has 7 heteroatoms. The monoisotopic (exact) mass is 350 g/mol. The zero-order valence-corrected chi connectivity index (χ0v) is 14.6. The van der Waals surface area contributed by atoms with Crippen molar-refractivity contribution in [3.8, 4) is 17.6 Å². The Balaban J connectivity index is 1.79. The number of nitrogens with one attached hydrogen (secondary N) is 1. The molecule has 0 atom stereocenters. The quantitative estimate of drug-likeness (QED) is 0.812. The first kappa shape index (κ1) is 17.5. The first-order chi connectivity index (χ1) is 11.0. The fourth-order valence-electron chi connectivity index (χ4n) is 1.67. The summed E-state index contributed by atoms with van der Waals surface area (Å²) in [5.41, 5.74) is 0.914. The van der Waals surface area contributed by atoms with Crippen molar-refractivity contribution in [2.24, 2.45) is 0 Å². The smallest absolute Gasteiger partial charge is 0.250 e. The number of aromatic nitrogens is 1. The van der Waals surface area contributed by atoms with Gasteiger partial charge < -0.3 is 4.74 Å². The average Bonchev–Trinajstić information content (AvgIpc) is 3.02. The molecule has 2 aromatic heterocycles. The Morgan fingerprint density at radius 1 is 1.26 bits per heavy atom. The van der Waals surface area contributed by atoms with Crippen LogP contribution in [0.3, 0.4) is 0 Å². The van der Waals surface area contributed by atoms with Crippen molar-refractivity contribution in [3.63, 3.8) is 0 Å². The van der Waals surface area contributed by atoms with Crippen LogP contribution in [-0.2, 0) is 16.4 Å². The van der Waals surface area contributed by atoms with E-state index in [1.54, 1.807) is 12.3 Å². The minimum Gasteiger partial charge on any atom is -0.479 e. The van der Waals surface area contributed by atoms with E-state index in [1.165, 1.54) is 11.3 Å². The molecular formula is C16H18N2O3S2. The van der Waals surface area contributed by atoms with Gasteiger partial charge in [-0.3, -0.25) is 4.98 Å². The molecular weight excluding hydrogens is 332 g/mol. The fourth-order valence-corrected chi connectivity index (χ4v) is 3.93. The maximum absolute atomic E-state index is 12.0. The maximum Gasteiger partial charge on any atom is 0.250 e. The molecule has 5 nitrogen and oxygen atoms in total. The summed E-state index contributed by atoms with van der Waals surface area (Å²) in [6, 6.07) is 7.11. The van der Waals surface area contributed by atoms with Gasteiger partial charge in [-0.2, -0.15) is 4.72 Å². The molecule has 0 saturated heterocycles. The van der Waals surface area contributed by atoms with Crippen LogP contribution in [0, 0.1) is 18.8 Å². The Bertz CT molecular complexity index is 800. The van der Waals surface area contributed by atoms with Gasteiger partial charge in [-0.25, -0.2) is 8.42 Å². The molecule has 0 amide bonds. The van der Waals surface area contributed by atoms with E-state index in [0.717, 1.165) is 17.0 Å². The van der Waals surface area contributed by atoms with Gasteiger partial charge in [-0.15, -0.1) is 11.3 Å². The van der Waals surface area contributed by atoms with Gasteiger partial charge >= 0.3 is 0 Å². The molecule has 23 heavy (non-hydrogen) atoms. The van der Waals surface area contributed by atoms with E-state index in [-0.39, 0.29) is 13.2 Å². The Morgan fingerprint density at radius 2 is 2.09 bits per heavy atom. The van der Waals surface area contributed by atoms with Crippen LogP contribution in [0.15, 0.2) is 34.7 Å². The molecule has 0 aliphatic rings. The van der Waals surface area contributed by atoms with Crippen LogP contribution in [-0.4, -0.2) is 26.6 Å². The first-order valence-electron chi connectivity index (χ1n) is 7.11. The number of hydrogen-bond acceptors (Lipinski definition) is 5. The normalized spacial score (nSPS) is 10.9. The Kier molecular flexibility index (Phi) is 6.16. The van der Waals surface area contributed by atoms with Gasteiger partial charge in [0.25, 0.3) is 10.0 Å². The Morgan fingerprint density at radius 3 is 2.74 bits per heavy atom. The minimum absolute atomic E-state index is 0.0528. The average molecular weight is 350 g/mol. The van der Waals surface area contributed by atoms with E-state index in [2.05, 4.69) is 21.5 Å². The molecule has 2 rings (SSSR count). The number of rotatable bonds is 6. The van der Waals surface area contributed by atoms with Crippen molar-refractivity contribution >= 4 is 21.4 Å². The summed E-state index contributed by atoms with van der Waals surface area (Å²) >= 11 is 1.28. The summed E-state index contributed by atoms with van der Waals surface area (Å²) in [4.78, 5) is 5.14. The minimum atomic E-state index is -3.48. The lowest BCUT2D eigenvalue weighted by atomic mass is 10.4. The van der Waals surface area contributed by atoms with E-state index in [1.807, 2.05) is 32.0 Å². The molecule has 0 aromatic carbocycles. The van der Waals surface area contributed by atoms with Crippen molar-refractivity contribution < 1.29 is 13.2 Å². The summed E-state index contributed by atoms with van der Waals surface area (Å²) in [7, 11) is -3.48. The summed E-state index contributed by atoms with van der Waals surface area (Å²) in [6.45, 7) is 4.13. The lowest BCUT2D eigenvalue weighted by Crippen LogP contribution is -2.23. The van der Waals surface area contributed by atoms with Gasteiger partial charge in [-0.05, 0) is 37.6 Å². The molecule has 0 aliphatic heterocycles. The van der Waals surface area contributed by atoms with Crippen LogP contribution in [0.1, 0.15) is 17.5 Å². The molecule has 0 spiro atoms. The predicted octanol–water partition coefficient (Wildman–Crippen LogP) is 2.37. The van der Waals surface area contributed by atoms with Gasteiger partial charge in [0.1, 0.15) is 16.6 Å². The molecule has 0 radical (unpaired) electrons. The van der Waals surface area contributed by atoms with Gasteiger partial charge in [-0.1, -0.05) is 18.8 Å². The molecule has 2 heterocycles. The third kappa shape index (κ3) is 5.36. The van der Waals surface area contributed by atoms with Crippen LogP contribution in [0.25, 0.3) is 0 Å². The van der Waals surface area contributed by atoms with Crippen LogP contribution >= 0.6 is 11.3 Å². The second kappa shape index (κ2) is 8.11. The number of hydrogen-bond donors (Lipinski definition) is 1. The standard InChI is InChI=1S/C16H18N2O3S2/c1-3-15-8-9-16(22-15)23(19,20)18-10-4-5-11-21-14-7-6-13(2)17-12-14/h6-9,12,18H,3,10-11H2,1-2H3. The van der Waals surface area contributed by atoms with E-state index in [0.29, 0.717) is 9.96 Å². The number of ether oxygens (including phenoxy) is 1. The largest absolute Gasteiger partial charge is 0.479 e. The predicted molar refractivity (Wildman–Crippen MR) is 91.1 cm³/mol. The van der Waals surface area contributed by atoms with Gasteiger partial charge in [0.15, 0.2) is 0 Å². The molecule has 0 bridgehead atoms. The van der Waals surface area contributed by atoms with Crippen molar-refractivity contribution in [2.75, 3.05) is 13.2 Å². The maximum atomic E-state index is 12.0. The highest BCUT2D eigenvalue weighted by molar-refractivity contribution is 7.91. The SMILES string of the molecule is CCc1ccc(S(=O)(=O)NCC#CCOc2ccc(C)nc2)s1. The second-order valence-corrected chi connectivity index (χ2v) is 7.84. The highest BCUT2D eigenvalue weighted by Crippen LogP contribution is 2.21. The highest BCUT2D eigenvalue weighted by atomic mass is 32.2. The number of thiophene rings is 1. The molecule has 0 fully saturated rings. The molecule has 1 N–H and O–H groups in total. The van der Waals surface area contributed by atoms with Crippen molar-refractivity contribution in [1.82, 2.24) is 9.71 Å². The lowest BCUT2D eigenvalue weighted by Gasteiger charge is -2.01. The zero-order chi connectivity index (χ0) is 16.7. The van der Waals surface area contributed by atoms with Gasteiger partial charge in [0.05, 0.1) is 12.7 Å². The second-order valence-electron chi connectivity index (χ2n) is 4.68. The molecule has 0 unspecified atom stereocenters. The van der Waals surface area contributed by atoms with E-state index in [9.17, 15) is 8.42 Å². The van der Waals surface area contributed by atoms with Crippen LogP contribution in [0.5, 0.6) is 5.75 Å². The van der Waals surface area contributed by atoms with E-state index < -0.39 is 10.0 Å². The van der Waals surface area contributed by atoms with E-state index in [4.69, 9.17) is 4.74 Å². The lowest BCUT2D eigenvalue weighted by molar-refractivity contribution is 0.368. The molecule has 122 valence electrons. The van der Waals surface area contributed by atoms with Crippen molar-refractivity contribution in [1.29, 1.82) is 0 Å². The fraction of sp³-hybridized carbons (Fsp3) is 0.312. The van der Waals surface area contributed by atoms with Crippen molar-refractivity contribution in [2.45, 2.75) is 24.5 Å². The summed E-state index contributed by atoms with van der Waals surface area (Å²) in [5.74, 6) is 6.13. The molecule has 0 aliphatic carbocycles. The third-order valence-corrected chi connectivity index (χ3v) is 6.04. The first-order valence-corrected chi connectivity index (χ1v) is 9.41. The summed E-state index contributed by atoms with van der Waals surface area (Å²) in [6.07, 6.45) is 2.45. The van der Waals surface area contributed by atoms with Crippen LogP contribution < -0.4 is 9.46 Å². The van der Waals surface area contributed by atoms with Crippen LogP contribution in [0.4, 0.5) is 0 Å². The number of pyridine rings is 1. The number of nitrogens with zero attached hydrogens (tertiary/aromatic N) is 1. The Labute approximate surface area is 140 Å². The Hall–Kier alpha value is -1.88. The topological polar surface area (TPSA) is 68.3 Å². The molecule has 2 aromatic rings. The summed E-state index contributed by atoms with van der Waals surface area (Å²) < 4.78 is 32.2. The third-order valence-electron chi connectivity index (χ3n) is 2.92. The van der Waals surface area contributed by atoms with Crippen LogP contribution in [0.2, 0.25) is 0 Å². The van der Waals surface area contributed by atoms with Gasteiger partial charge in [0.2, 0.25) is 0 Å². The van der Waals surface area contributed by atoms with Crippen molar-refractivity contribution in [3.05, 3.63) is 41.0 Å². The number of aryl methyl sites for hydroxylation is 2. The number of sulfonamides is 1. The molecule has 0 saturated carbocycles. The van der Waals surface area contributed by atoms with Gasteiger partial charge in [0, 0.05) is 10.6 Å². The van der Waals surface area contributed by atoms with E-state index >= 15 is 0 Å².